The van der Waals surface area contributed by atoms with Crippen LogP contribution in [0.4, 0.5) is 0 Å². The van der Waals surface area contributed by atoms with Crippen LogP contribution < -0.4 is 0 Å². The highest BCUT2D eigenvalue weighted by Gasteiger charge is 2.22. The highest BCUT2D eigenvalue weighted by Crippen LogP contribution is 2.27. The molecule has 1 aromatic carbocycles. The Kier molecular flexibility index (Phi) is 4.61. The Bertz CT molecular complexity index is 312. The number of hydrogen-bond donors (Lipinski definition) is 0. The zero-order valence-corrected chi connectivity index (χ0v) is 11.2. The van der Waals surface area contributed by atoms with Gasteiger partial charge in [0.2, 0.25) is 0 Å². The summed E-state index contributed by atoms with van der Waals surface area (Å²) in [5.74, 6) is 0.946. The first kappa shape index (κ1) is 12.6. The van der Waals surface area contributed by atoms with Gasteiger partial charge in [-0.15, -0.1) is 0 Å². The van der Waals surface area contributed by atoms with Gasteiger partial charge in [-0.05, 0) is 43.7 Å². The van der Waals surface area contributed by atoms with Gasteiger partial charge in [0.15, 0.2) is 0 Å². The van der Waals surface area contributed by atoms with Crippen molar-refractivity contribution >= 4 is 0 Å². The van der Waals surface area contributed by atoms with Crippen LogP contribution in [0, 0.1) is 5.92 Å². The van der Waals surface area contributed by atoms with E-state index in [0.717, 1.165) is 18.5 Å². The van der Waals surface area contributed by atoms with E-state index in [1.54, 1.807) is 0 Å². The van der Waals surface area contributed by atoms with Crippen LogP contribution in [0.15, 0.2) is 30.3 Å². The van der Waals surface area contributed by atoms with E-state index >= 15 is 0 Å². The third-order valence-electron chi connectivity index (χ3n) is 4.14. The average Bonchev–Trinajstić information content (AvgIpc) is 2.38. The summed E-state index contributed by atoms with van der Waals surface area (Å²) < 4.78 is 0. The van der Waals surface area contributed by atoms with Crippen molar-refractivity contribution in [3.05, 3.63) is 35.9 Å². The van der Waals surface area contributed by atoms with Crippen molar-refractivity contribution in [1.29, 1.82) is 0 Å². The molecule has 0 atom stereocenters. The van der Waals surface area contributed by atoms with E-state index in [1.807, 2.05) is 0 Å². The maximum atomic E-state index is 2.65. The van der Waals surface area contributed by atoms with E-state index in [0.29, 0.717) is 0 Å². The molecule has 17 heavy (non-hydrogen) atoms. The zero-order chi connectivity index (χ0) is 12.1. The topological polar surface area (TPSA) is 3.24 Å². The predicted molar refractivity (Wildman–Crippen MR) is 73.9 cm³/mol. The Labute approximate surface area is 106 Å². The molecule has 94 valence electrons. The predicted octanol–water partition coefficient (Wildman–Crippen LogP) is 4.09. The molecule has 1 aromatic rings. The van der Waals surface area contributed by atoms with Crippen molar-refractivity contribution in [3.63, 3.8) is 0 Å². The number of nitrogens with zero attached hydrogens (tertiary/aromatic N) is 1. The zero-order valence-electron chi connectivity index (χ0n) is 11.2. The number of hydrogen-bond acceptors (Lipinski definition) is 1. The minimum absolute atomic E-state index is 0.816. The first-order valence-electron chi connectivity index (χ1n) is 7.07. The average molecular weight is 231 g/mol. The highest BCUT2D eigenvalue weighted by molar-refractivity contribution is 5.14. The highest BCUT2D eigenvalue weighted by atomic mass is 15.1. The lowest BCUT2D eigenvalue weighted by Gasteiger charge is -2.35. The van der Waals surface area contributed by atoms with Crippen LogP contribution in [0.2, 0.25) is 0 Å². The third kappa shape index (κ3) is 3.57. The number of benzene rings is 1. The maximum Gasteiger partial charge on any atom is 0.0236 e. The minimum atomic E-state index is 0.816. The summed E-state index contributed by atoms with van der Waals surface area (Å²) in [6.07, 6.45) is 5.61. The summed E-state index contributed by atoms with van der Waals surface area (Å²) in [6.45, 7) is 6.98. The Morgan fingerprint density at radius 2 is 1.71 bits per heavy atom. The Morgan fingerprint density at radius 3 is 2.29 bits per heavy atom. The quantitative estimate of drug-likeness (QED) is 0.754. The molecule has 0 saturated heterocycles. The summed E-state index contributed by atoms with van der Waals surface area (Å²) in [5.41, 5.74) is 1.45. The molecule has 0 aliphatic heterocycles. The Balaban J connectivity index is 1.92. The van der Waals surface area contributed by atoms with Crippen molar-refractivity contribution in [2.45, 2.75) is 52.1 Å². The Hall–Kier alpha value is -0.820. The van der Waals surface area contributed by atoms with Gasteiger partial charge in [0.1, 0.15) is 0 Å². The summed E-state index contributed by atoms with van der Waals surface area (Å²) >= 11 is 0. The molecule has 1 aliphatic rings. The van der Waals surface area contributed by atoms with Gasteiger partial charge >= 0.3 is 0 Å². The first-order valence-corrected chi connectivity index (χ1v) is 7.07. The third-order valence-corrected chi connectivity index (χ3v) is 4.14. The molecule has 0 bridgehead atoms. The molecule has 1 saturated carbocycles. The summed E-state index contributed by atoms with van der Waals surface area (Å²) in [5, 5.41) is 0. The molecular formula is C16H25N. The van der Waals surface area contributed by atoms with E-state index < -0.39 is 0 Å². The van der Waals surface area contributed by atoms with Crippen LogP contribution in [0.3, 0.4) is 0 Å². The lowest BCUT2D eigenvalue weighted by atomic mass is 9.86. The van der Waals surface area contributed by atoms with Crippen molar-refractivity contribution < 1.29 is 0 Å². The van der Waals surface area contributed by atoms with Gasteiger partial charge in [-0.1, -0.05) is 44.2 Å². The molecule has 0 aromatic heterocycles. The molecule has 1 fully saturated rings. The van der Waals surface area contributed by atoms with Gasteiger partial charge < -0.3 is 0 Å². The van der Waals surface area contributed by atoms with Gasteiger partial charge in [0.25, 0.3) is 0 Å². The molecule has 2 rings (SSSR count). The van der Waals surface area contributed by atoms with Crippen LogP contribution in [0.5, 0.6) is 0 Å². The summed E-state index contributed by atoms with van der Waals surface area (Å²) in [6, 6.07) is 11.7. The fourth-order valence-electron chi connectivity index (χ4n) is 2.92. The molecule has 1 heteroatoms. The first-order chi connectivity index (χ1) is 8.29. The van der Waals surface area contributed by atoms with Crippen LogP contribution in [0.1, 0.15) is 45.1 Å². The second-order valence-corrected chi connectivity index (χ2v) is 5.46. The van der Waals surface area contributed by atoms with Crippen molar-refractivity contribution in [3.8, 4) is 0 Å². The molecule has 0 amide bonds. The molecule has 0 N–H and O–H groups in total. The van der Waals surface area contributed by atoms with Crippen molar-refractivity contribution in [2.24, 2.45) is 5.92 Å². The van der Waals surface area contributed by atoms with Gasteiger partial charge in [-0.25, -0.2) is 0 Å². The Morgan fingerprint density at radius 1 is 1.06 bits per heavy atom. The van der Waals surface area contributed by atoms with Crippen LogP contribution in [0.25, 0.3) is 0 Å². The molecule has 0 radical (unpaired) electrons. The van der Waals surface area contributed by atoms with Gasteiger partial charge in [0.05, 0.1) is 0 Å². The van der Waals surface area contributed by atoms with E-state index in [2.05, 4.69) is 49.1 Å². The minimum Gasteiger partial charge on any atom is -0.296 e. The second kappa shape index (κ2) is 6.20. The second-order valence-electron chi connectivity index (χ2n) is 5.46. The van der Waals surface area contributed by atoms with Gasteiger partial charge in [-0.2, -0.15) is 0 Å². The van der Waals surface area contributed by atoms with Crippen LogP contribution >= 0.6 is 0 Å². The lowest BCUT2D eigenvalue weighted by molar-refractivity contribution is 0.139. The monoisotopic (exact) mass is 231 g/mol. The standard InChI is InChI=1S/C16H25N/c1-3-17(13-15-7-5-4-6-8-15)16-11-9-14(2)10-12-16/h4-8,14,16H,3,9-13H2,1-2H3. The van der Waals surface area contributed by atoms with E-state index in [4.69, 9.17) is 0 Å². The van der Waals surface area contributed by atoms with Crippen LogP contribution in [-0.2, 0) is 6.54 Å². The van der Waals surface area contributed by atoms with Gasteiger partial charge in [0, 0.05) is 12.6 Å². The molecule has 1 nitrogen and oxygen atoms in total. The van der Waals surface area contributed by atoms with Gasteiger partial charge in [-0.3, -0.25) is 4.90 Å². The molecular weight excluding hydrogens is 206 g/mol. The normalized spacial score (nSPS) is 25.1. The fourth-order valence-corrected chi connectivity index (χ4v) is 2.92. The fraction of sp³-hybridized carbons (Fsp3) is 0.625. The molecule has 0 spiro atoms. The van der Waals surface area contributed by atoms with E-state index in [1.165, 1.54) is 37.8 Å². The van der Waals surface area contributed by atoms with E-state index in [9.17, 15) is 0 Å². The summed E-state index contributed by atoms with van der Waals surface area (Å²) in [4.78, 5) is 2.65. The SMILES string of the molecule is CCN(Cc1ccccc1)C1CCC(C)CC1. The smallest absolute Gasteiger partial charge is 0.0236 e. The maximum absolute atomic E-state index is 2.65. The molecule has 1 aliphatic carbocycles. The van der Waals surface area contributed by atoms with Crippen molar-refractivity contribution in [1.82, 2.24) is 4.90 Å². The van der Waals surface area contributed by atoms with Crippen LogP contribution in [-0.4, -0.2) is 17.5 Å². The van der Waals surface area contributed by atoms with Crippen molar-refractivity contribution in [2.75, 3.05) is 6.54 Å². The van der Waals surface area contributed by atoms with E-state index in [-0.39, 0.29) is 0 Å². The summed E-state index contributed by atoms with van der Waals surface area (Å²) in [7, 11) is 0. The largest absolute Gasteiger partial charge is 0.296 e. The molecule has 0 heterocycles. The number of rotatable bonds is 4. The molecule has 0 unspecified atom stereocenters. The lowest BCUT2D eigenvalue weighted by Crippen LogP contribution is -2.37.